The molecule has 0 amide bonds. The van der Waals surface area contributed by atoms with Gasteiger partial charge in [-0.25, -0.2) is 0 Å². The van der Waals surface area contributed by atoms with E-state index in [9.17, 15) is 0 Å². The van der Waals surface area contributed by atoms with Gasteiger partial charge in [0.2, 0.25) is 5.51 Å². The second-order valence-electron chi connectivity index (χ2n) is 3.10. The Morgan fingerprint density at radius 1 is 1.33 bits per heavy atom. The average molecular weight is 142 g/mol. The zero-order chi connectivity index (χ0) is 6.91. The zero-order valence-corrected chi connectivity index (χ0v) is 6.90. The van der Waals surface area contributed by atoms with E-state index in [1.54, 1.807) is 11.3 Å². The summed E-state index contributed by atoms with van der Waals surface area (Å²) < 4.78 is 2.21. The lowest BCUT2D eigenvalue weighted by Crippen LogP contribution is -2.47. The Balaban J connectivity index is 2.90. The van der Waals surface area contributed by atoms with Crippen LogP contribution in [0.25, 0.3) is 0 Å². The predicted molar refractivity (Wildman–Crippen MR) is 39.5 cm³/mol. The Labute approximate surface area is 60.0 Å². The van der Waals surface area contributed by atoms with Gasteiger partial charge >= 0.3 is 0 Å². The van der Waals surface area contributed by atoms with E-state index in [1.165, 1.54) is 0 Å². The molecule has 0 N–H and O–H groups in total. The summed E-state index contributed by atoms with van der Waals surface area (Å²) in [4.78, 5) is 0. The highest BCUT2D eigenvalue weighted by Crippen LogP contribution is 2.04. The molecule has 0 aliphatic heterocycles. The Bertz CT molecular complexity index is 171. The van der Waals surface area contributed by atoms with Crippen molar-refractivity contribution < 1.29 is 4.57 Å². The van der Waals surface area contributed by atoms with Crippen molar-refractivity contribution >= 4 is 11.3 Å². The third-order valence-corrected chi connectivity index (χ3v) is 1.88. The molecule has 1 rings (SSSR count). The fourth-order valence-electron chi connectivity index (χ4n) is 0.618. The van der Waals surface area contributed by atoms with E-state index in [4.69, 9.17) is 0 Å². The highest BCUT2D eigenvalue weighted by molar-refractivity contribution is 7.07. The molecule has 0 unspecified atom stereocenters. The van der Waals surface area contributed by atoms with Crippen molar-refractivity contribution in [3.8, 4) is 0 Å². The van der Waals surface area contributed by atoms with Gasteiger partial charge in [-0.1, -0.05) is 11.3 Å². The quantitative estimate of drug-likeness (QED) is 0.486. The van der Waals surface area contributed by atoms with Gasteiger partial charge in [-0.05, 0) is 0 Å². The van der Waals surface area contributed by atoms with Crippen LogP contribution >= 0.6 is 11.3 Å². The molecule has 0 radical (unpaired) electrons. The Kier molecular flexibility index (Phi) is 1.58. The van der Waals surface area contributed by atoms with E-state index < -0.39 is 0 Å². The average Bonchev–Trinajstić information content (AvgIpc) is 2.08. The molecule has 0 spiro atoms. The number of hydrogen-bond acceptors (Lipinski definition) is 1. The first-order chi connectivity index (χ1) is 4.11. The van der Waals surface area contributed by atoms with Gasteiger partial charge in [0, 0.05) is 20.8 Å². The number of aromatic nitrogens is 1. The maximum absolute atomic E-state index is 2.21. The molecular formula is C7H12NS+. The second-order valence-corrected chi connectivity index (χ2v) is 3.86. The van der Waals surface area contributed by atoms with Gasteiger partial charge in [-0.3, -0.25) is 0 Å². The summed E-state index contributed by atoms with van der Waals surface area (Å²) in [5.74, 6) is 0. The van der Waals surface area contributed by atoms with Gasteiger partial charge in [0.15, 0.2) is 11.7 Å². The van der Waals surface area contributed by atoms with Gasteiger partial charge in [0.25, 0.3) is 0 Å². The molecule has 9 heavy (non-hydrogen) atoms. The fraction of sp³-hybridized carbons (Fsp3) is 0.571. The molecule has 0 saturated carbocycles. The minimum atomic E-state index is 0.250. The van der Waals surface area contributed by atoms with Gasteiger partial charge in [0.05, 0.1) is 5.38 Å². The molecule has 0 saturated heterocycles. The van der Waals surface area contributed by atoms with E-state index in [1.807, 2.05) is 0 Å². The predicted octanol–water partition coefficient (Wildman–Crippen LogP) is 1.79. The van der Waals surface area contributed by atoms with Crippen LogP contribution in [-0.2, 0) is 5.54 Å². The number of nitrogens with zero attached hydrogens (tertiary/aromatic N) is 1. The largest absolute Gasteiger partial charge is 0.225 e. The van der Waals surface area contributed by atoms with E-state index >= 15 is 0 Å². The molecule has 0 aromatic carbocycles. The highest BCUT2D eigenvalue weighted by atomic mass is 32.1. The van der Waals surface area contributed by atoms with Crippen LogP contribution in [0.15, 0.2) is 17.1 Å². The van der Waals surface area contributed by atoms with Crippen LogP contribution in [-0.4, -0.2) is 0 Å². The second kappa shape index (κ2) is 2.10. The molecule has 0 atom stereocenters. The van der Waals surface area contributed by atoms with Crippen LogP contribution in [0.2, 0.25) is 0 Å². The van der Waals surface area contributed by atoms with E-state index in [-0.39, 0.29) is 5.54 Å². The molecule has 1 aromatic heterocycles. The minimum Gasteiger partial charge on any atom is -0.191 e. The van der Waals surface area contributed by atoms with Crippen LogP contribution < -0.4 is 4.57 Å². The molecule has 0 aliphatic carbocycles. The van der Waals surface area contributed by atoms with Crippen molar-refractivity contribution in [2.75, 3.05) is 0 Å². The van der Waals surface area contributed by atoms with Crippen molar-refractivity contribution in [3.63, 3.8) is 0 Å². The van der Waals surface area contributed by atoms with Crippen LogP contribution in [0.1, 0.15) is 20.8 Å². The standard InChI is InChI=1S/C7H12NS/c1-7(2,3)8-4-5-9-6-8/h4-6H,1-3H3/q+1. The number of hydrogen-bond donors (Lipinski definition) is 0. The van der Waals surface area contributed by atoms with Gasteiger partial charge in [-0.15, -0.1) is 0 Å². The molecule has 1 aromatic rings. The van der Waals surface area contributed by atoms with Crippen molar-refractivity contribution in [2.45, 2.75) is 26.3 Å². The molecule has 50 valence electrons. The summed E-state index contributed by atoms with van der Waals surface area (Å²) in [7, 11) is 0. The van der Waals surface area contributed by atoms with Crippen LogP contribution in [0.5, 0.6) is 0 Å². The van der Waals surface area contributed by atoms with Crippen LogP contribution in [0, 0.1) is 0 Å². The summed E-state index contributed by atoms with van der Waals surface area (Å²) in [6.07, 6.45) is 2.10. The monoisotopic (exact) mass is 142 g/mol. The molecular weight excluding hydrogens is 130 g/mol. The summed E-state index contributed by atoms with van der Waals surface area (Å²) in [6.45, 7) is 6.58. The smallest absolute Gasteiger partial charge is 0.191 e. The van der Waals surface area contributed by atoms with Crippen LogP contribution in [0.3, 0.4) is 0 Å². The topological polar surface area (TPSA) is 3.88 Å². The first-order valence-electron chi connectivity index (χ1n) is 3.04. The maximum atomic E-state index is 2.21. The summed E-state index contributed by atoms with van der Waals surface area (Å²) in [6, 6.07) is 0. The molecule has 0 fully saturated rings. The summed E-state index contributed by atoms with van der Waals surface area (Å²) in [5, 5.41) is 2.09. The third-order valence-electron chi connectivity index (χ3n) is 1.25. The molecule has 2 heteroatoms. The number of rotatable bonds is 0. The fourth-order valence-corrected chi connectivity index (χ4v) is 1.41. The number of thiazole rings is 1. The van der Waals surface area contributed by atoms with Gasteiger partial charge < -0.3 is 0 Å². The first kappa shape index (κ1) is 6.75. The third kappa shape index (κ3) is 1.52. The van der Waals surface area contributed by atoms with Gasteiger partial charge in [0.1, 0.15) is 0 Å². The molecule has 0 aliphatic rings. The molecule has 1 heterocycles. The first-order valence-corrected chi connectivity index (χ1v) is 3.99. The Morgan fingerprint density at radius 3 is 2.22 bits per heavy atom. The van der Waals surface area contributed by atoms with E-state index in [0.717, 1.165) is 0 Å². The van der Waals surface area contributed by atoms with Crippen molar-refractivity contribution in [1.29, 1.82) is 0 Å². The lowest BCUT2D eigenvalue weighted by molar-refractivity contribution is -0.749. The SMILES string of the molecule is CC(C)(C)[n+]1ccsc1. The molecule has 1 nitrogen and oxygen atoms in total. The lowest BCUT2D eigenvalue weighted by atomic mass is 10.1. The van der Waals surface area contributed by atoms with Crippen LogP contribution in [0.4, 0.5) is 0 Å². The van der Waals surface area contributed by atoms with E-state index in [0.29, 0.717) is 0 Å². The summed E-state index contributed by atoms with van der Waals surface area (Å²) in [5.41, 5.74) is 2.38. The maximum Gasteiger partial charge on any atom is 0.225 e. The Hall–Kier alpha value is -0.370. The van der Waals surface area contributed by atoms with Gasteiger partial charge in [-0.2, -0.15) is 4.57 Å². The minimum absolute atomic E-state index is 0.250. The normalized spacial score (nSPS) is 11.9. The van der Waals surface area contributed by atoms with E-state index in [2.05, 4.69) is 42.4 Å². The Morgan fingerprint density at radius 2 is 2.00 bits per heavy atom. The lowest BCUT2D eigenvalue weighted by Gasteiger charge is -2.08. The zero-order valence-electron chi connectivity index (χ0n) is 6.09. The van der Waals surface area contributed by atoms with Crippen molar-refractivity contribution in [3.05, 3.63) is 17.1 Å². The summed E-state index contributed by atoms with van der Waals surface area (Å²) >= 11 is 1.73. The van der Waals surface area contributed by atoms with Crippen molar-refractivity contribution in [1.82, 2.24) is 0 Å². The molecule has 0 bridgehead atoms. The van der Waals surface area contributed by atoms with Crippen molar-refractivity contribution in [2.24, 2.45) is 0 Å². The highest BCUT2D eigenvalue weighted by Gasteiger charge is 2.20.